The summed E-state index contributed by atoms with van der Waals surface area (Å²) in [6, 6.07) is 1.56. The van der Waals surface area contributed by atoms with Crippen LogP contribution in [0.15, 0.2) is 0 Å². The van der Waals surface area contributed by atoms with Crippen LogP contribution in [0, 0.1) is 34.6 Å². The van der Waals surface area contributed by atoms with Gasteiger partial charge in [0.2, 0.25) is 0 Å². The van der Waals surface area contributed by atoms with Crippen LogP contribution in [0.25, 0.3) is 0 Å². The lowest BCUT2D eigenvalue weighted by molar-refractivity contribution is 0.122. The van der Waals surface area contributed by atoms with Crippen LogP contribution in [0.2, 0.25) is 0 Å². The molecule has 1 aromatic rings. The van der Waals surface area contributed by atoms with Crippen LogP contribution < -0.4 is 0 Å². The molecule has 0 aliphatic carbocycles. The average molecular weight is 271 g/mol. The van der Waals surface area contributed by atoms with Crippen LogP contribution in [0.3, 0.4) is 0 Å². The van der Waals surface area contributed by atoms with E-state index in [-0.39, 0.29) is 0 Å². The van der Waals surface area contributed by atoms with Gasteiger partial charge in [-0.3, -0.25) is 4.90 Å². The van der Waals surface area contributed by atoms with E-state index in [1.54, 1.807) is 16.7 Å². The summed E-state index contributed by atoms with van der Waals surface area (Å²) in [7, 11) is 0. The second-order valence-corrected chi connectivity index (χ2v) is 7.02. The van der Waals surface area contributed by atoms with Crippen molar-refractivity contribution in [1.82, 2.24) is 4.90 Å². The predicted molar refractivity (Wildman–Crippen MR) is 86.4 cm³/mol. The van der Waals surface area contributed by atoms with Gasteiger partial charge < -0.3 is 0 Å². The lowest BCUT2D eigenvalue weighted by Crippen LogP contribution is -2.38. The molecule has 0 aromatic heterocycles. The SMILES string of the molecule is Cc1c(C)c(C)c(C2CCCC3CCCN32)c(C)c1C. The molecule has 0 bridgehead atoms. The van der Waals surface area contributed by atoms with Crippen molar-refractivity contribution in [2.75, 3.05) is 6.54 Å². The Morgan fingerprint density at radius 3 is 1.90 bits per heavy atom. The number of benzene rings is 1. The van der Waals surface area contributed by atoms with E-state index in [0.717, 1.165) is 6.04 Å². The van der Waals surface area contributed by atoms with Gasteiger partial charge in [0, 0.05) is 12.1 Å². The van der Waals surface area contributed by atoms with E-state index in [2.05, 4.69) is 39.5 Å². The molecule has 2 aliphatic rings. The minimum absolute atomic E-state index is 0.689. The molecule has 2 fully saturated rings. The summed E-state index contributed by atoms with van der Waals surface area (Å²) in [5.41, 5.74) is 9.31. The molecule has 20 heavy (non-hydrogen) atoms. The van der Waals surface area contributed by atoms with Crippen LogP contribution in [0.4, 0.5) is 0 Å². The highest BCUT2D eigenvalue weighted by Gasteiger charge is 2.36. The van der Waals surface area contributed by atoms with E-state index >= 15 is 0 Å². The summed E-state index contributed by atoms with van der Waals surface area (Å²) in [6.45, 7) is 12.9. The van der Waals surface area contributed by atoms with Crippen molar-refractivity contribution in [1.29, 1.82) is 0 Å². The van der Waals surface area contributed by atoms with Crippen molar-refractivity contribution >= 4 is 0 Å². The molecule has 3 rings (SSSR count). The third kappa shape index (κ3) is 2.02. The molecule has 0 amide bonds. The van der Waals surface area contributed by atoms with Gasteiger partial charge in [-0.1, -0.05) is 0 Å². The molecule has 2 heterocycles. The van der Waals surface area contributed by atoms with Crippen molar-refractivity contribution in [3.05, 3.63) is 33.4 Å². The molecule has 1 nitrogen and oxygen atoms in total. The first-order valence-electron chi connectivity index (χ1n) is 8.35. The van der Waals surface area contributed by atoms with Crippen molar-refractivity contribution < 1.29 is 0 Å². The smallest absolute Gasteiger partial charge is 0.0356 e. The third-order valence-corrected chi connectivity index (χ3v) is 6.23. The monoisotopic (exact) mass is 271 g/mol. The molecule has 0 saturated carbocycles. The van der Waals surface area contributed by atoms with Gasteiger partial charge in [-0.25, -0.2) is 0 Å². The van der Waals surface area contributed by atoms with Crippen LogP contribution in [-0.2, 0) is 0 Å². The Bertz CT molecular complexity index is 500. The molecule has 0 N–H and O–H groups in total. The first-order chi connectivity index (χ1) is 9.52. The topological polar surface area (TPSA) is 3.24 Å². The number of hydrogen-bond donors (Lipinski definition) is 0. The molecule has 0 radical (unpaired) electrons. The average Bonchev–Trinajstić information content (AvgIpc) is 2.92. The Morgan fingerprint density at radius 2 is 1.25 bits per heavy atom. The summed E-state index contributed by atoms with van der Waals surface area (Å²) >= 11 is 0. The highest BCUT2D eigenvalue weighted by atomic mass is 15.2. The van der Waals surface area contributed by atoms with E-state index in [4.69, 9.17) is 0 Å². The second-order valence-electron chi connectivity index (χ2n) is 7.02. The van der Waals surface area contributed by atoms with Gasteiger partial charge in [0.15, 0.2) is 0 Å². The Morgan fingerprint density at radius 1 is 0.700 bits per heavy atom. The van der Waals surface area contributed by atoms with Crippen LogP contribution >= 0.6 is 0 Å². The fourth-order valence-corrected chi connectivity index (χ4v) is 4.63. The van der Waals surface area contributed by atoms with E-state index < -0.39 is 0 Å². The minimum Gasteiger partial charge on any atom is -0.293 e. The fraction of sp³-hybridized carbons (Fsp3) is 0.684. The summed E-state index contributed by atoms with van der Waals surface area (Å²) in [5, 5.41) is 0. The van der Waals surface area contributed by atoms with Crippen molar-refractivity contribution in [3.8, 4) is 0 Å². The maximum atomic E-state index is 2.83. The number of fused-ring (bicyclic) bond motifs is 1. The van der Waals surface area contributed by atoms with Gasteiger partial charge in [0.05, 0.1) is 0 Å². The molecule has 2 saturated heterocycles. The Labute approximate surface area is 124 Å². The largest absolute Gasteiger partial charge is 0.293 e. The highest BCUT2D eigenvalue weighted by Crippen LogP contribution is 2.43. The third-order valence-electron chi connectivity index (χ3n) is 6.23. The van der Waals surface area contributed by atoms with Crippen molar-refractivity contribution in [3.63, 3.8) is 0 Å². The van der Waals surface area contributed by atoms with Gasteiger partial charge in [0.1, 0.15) is 0 Å². The maximum absolute atomic E-state index is 2.83. The van der Waals surface area contributed by atoms with Gasteiger partial charge in [0.25, 0.3) is 0 Å². The second kappa shape index (κ2) is 5.18. The summed E-state index contributed by atoms with van der Waals surface area (Å²) < 4.78 is 0. The molecule has 110 valence electrons. The Balaban J connectivity index is 2.09. The standard InChI is InChI=1S/C19H29N/c1-12-13(2)15(4)19(16(5)14(12)3)18-10-6-8-17-9-7-11-20(17)18/h17-18H,6-11H2,1-5H3. The molecule has 0 spiro atoms. The maximum Gasteiger partial charge on any atom is 0.0356 e. The highest BCUT2D eigenvalue weighted by molar-refractivity contribution is 5.51. The van der Waals surface area contributed by atoms with Gasteiger partial charge in [-0.15, -0.1) is 0 Å². The summed E-state index contributed by atoms with van der Waals surface area (Å²) in [6.07, 6.45) is 7.04. The van der Waals surface area contributed by atoms with Gasteiger partial charge in [-0.05, 0) is 107 Å². The van der Waals surface area contributed by atoms with Crippen LogP contribution in [0.1, 0.15) is 71.5 Å². The zero-order valence-corrected chi connectivity index (χ0v) is 13.8. The van der Waals surface area contributed by atoms with Crippen LogP contribution in [-0.4, -0.2) is 17.5 Å². The zero-order chi connectivity index (χ0) is 14.4. The number of rotatable bonds is 1. The lowest BCUT2D eigenvalue weighted by Gasteiger charge is -2.40. The van der Waals surface area contributed by atoms with E-state index in [1.165, 1.54) is 55.3 Å². The number of hydrogen-bond acceptors (Lipinski definition) is 1. The molecule has 2 aliphatic heterocycles. The van der Waals surface area contributed by atoms with Gasteiger partial charge in [-0.2, -0.15) is 0 Å². The fourth-order valence-electron chi connectivity index (χ4n) is 4.63. The van der Waals surface area contributed by atoms with Gasteiger partial charge >= 0.3 is 0 Å². The quantitative estimate of drug-likeness (QED) is 0.701. The Kier molecular flexibility index (Phi) is 3.66. The van der Waals surface area contributed by atoms with E-state index in [9.17, 15) is 0 Å². The van der Waals surface area contributed by atoms with Crippen molar-refractivity contribution in [2.24, 2.45) is 0 Å². The molecule has 2 atom stereocenters. The first kappa shape index (κ1) is 14.1. The van der Waals surface area contributed by atoms with Crippen molar-refractivity contribution in [2.45, 2.75) is 78.8 Å². The minimum atomic E-state index is 0.689. The van der Waals surface area contributed by atoms with Crippen LogP contribution in [0.5, 0.6) is 0 Å². The lowest BCUT2D eigenvalue weighted by atomic mass is 9.82. The first-order valence-corrected chi connectivity index (χ1v) is 8.35. The van der Waals surface area contributed by atoms with E-state index in [0.29, 0.717) is 6.04 Å². The molecular formula is C19H29N. The normalized spacial score (nSPS) is 26.9. The van der Waals surface area contributed by atoms with E-state index in [1.807, 2.05) is 0 Å². The Hall–Kier alpha value is -0.820. The molecule has 1 aromatic carbocycles. The number of piperidine rings is 1. The zero-order valence-electron chi connectivity index (χ0n) is 13.8. The number of nitrogens with zero attached hydrogens (tertiary/aromatic N) is 1. The molecular weight excluding hydrogens is 242 g/mol. The summed E-state index contributed by atoms with van der Waals surface area (Å²) in [5.74, 6) is 0. The molecule has 1 heteroatoms. The molecule has 2 unspecified atom stereocenters. The summed E-state index contributed by atoms with van der Waals surface area (Å²) in [4.78, 5) is 2.83. The predicted octanol–water partition coefficient (Wildman–Crippen LogP) is 4.92.